The Balaban J connectivity index is 1.64. The van der Waals surface area contributed by atoms with Crippen LogP contribution in [0.3, 0.4) is 0 Å². The summed E-state index contributed by atoms with van der Waals surface area (Å²) in [7, 11) is 1.69. The molecule has 0 fully saturated rings. The lowest BCUT2D eigenvalue weighted by atomic mass is 10.1. The van der Waals surface area contributed by atoms with E-state index in [1.165, 1.54) is 32.1 Å². The third kappa shape index (κ3) is 5.97. The number of unbranched alkanes of at least 4 members (excludes halogenated alkanes) is 7. The normalized spacial score (nSPS) is 11.3. The maximum Gasteiger partial charge on any atom is 0.119 e. The Morgan fingerprint density at radius 2 is 1.59 bits per heavy atom. The van der Waals surface area contributed by atoms with Crippen LogP contribution in [0.1, 0.15) is 51.4 Å². The van der Waals surface area contributed by atoms with Crippen LogP contribution in [0.5, 0.6) is 5.75 Å². The van der Waals surface area contributed by atoms with Crippen LogP contribution in [-0.2, 0) is 0 Å². The minimum atomic E-state index is 0.322. The molecule has 5 heteroatoms. The molecule has 1 heterocycles. The topological polar surface area (TPSA) is 54.4 Å². The lowest BCUT2D eigenvalue weighted by molar-refractivity contribution is 0.282. The summed E-state index contributed by atoms with van der Waals surface area (Å²) in [5.74, 6) is 0.830. The summed E-state index contributed by atoms with van der Waals surface area (Å²) in [5, 5.41) is 15.3. The molecule has 156 valence electrons. The van der Waals surface area contributed by atoms with Gasteiger partial charge in [-0.3, -0.25) is 0 Å². The van der Waals surface area contributed by atoms with Crippen LogP contribution in [0, 0.1) is 0 Å². The highest BCUT2D eigenvalue weighted by Gasteiger charge is 2.10. The monoisotopic (exact) mass is 414 g/mol. The fourth-order valence-electron chi connectivity index (χ4n) is 3.72. The fraction of sp³-hybridized carbons (Fsp3) is 0.458. The third-order valence-electron chi connectivity index (χ3n) is 5.33. The van der Waals surface area contributed by atoms with Crippen LogP contribution in [0.2, 0.25) is 5.02 Å². The van der Waals surface area contributed by atoms with Gasteiger partial charge in [0.15, 0.2) is 0 Å². The van der Waals surface area contributed by atoms with Crippen molar-refractivity contribution in [3.05, 3.63) is 41.4 Å². The van der Waals surface area contributed by atoms with Crippen molar-refractivity contribution in [1.29, 1.82) is 0 Å². The van der Waals surface area contributed by atoms with Crippen molar-refractivity contribution < 1.29 is 9.84 Å². The Labute approximate surface area is 178 Å². The number of anilines is 1. The quantitative estimate of drug-likeness (QED) is 0.260. The summed E-state index contributed by atoms with van der Waals surface area (Å²) >= 11 is 6.19. The fourth-order valence-corrected chi connectivity index (χ4v) is 3.89. The Morgan fingerprint density at radius 1 is 0.862 bits per heavy atom. The zero-order valence-electron chi connectivity index (χ0n) is 17.2. The predicted octanol–water partition coefficient (Wildman–Crippen LogP) is 6.58. The van der Waals surface area contributed by atoms with Gasteiger partial charge in [-0.05, 0) is 49.2 Å². The van der Waals surface area contributed by atoms with Crippen LogP contribution in [0.25, 0.3) is 21.8 Å². The van der Waals surface area contributed by atoms with Gasteiger partial charge in [0.1, 0.15) is 5.75 Å². The van der Waals surface area contributed by atoms with Crippen molar-refractivity contribution >= 4 is 39.1 Å². The van der Waals surface area contributed by atoms with E-state index in [2.05, 4.69) is 5.32 Å². The highest BCUT2D eigenvalue weighted by molar-refractivity contribution is 6.31. The molecule has 3 aromatic rings. The van der Waals surface area contributed by atoms with E-state index in [9.17, 15) is 0 Å². The summed E-state index contributed by atoms with van der Waals surface area (Å²) in [6.45, 7) is 1.25. The van der Waals surface area contributed by atoms with Gasteiger partial charge in [-0.15, -0.1) is 0 Å². The molecular weight excluding hydrogens is 384 g/mol. The van der Waals surface area contributed by atoms with Crippen molar-refractivity contribution in [3.63, 3.8) is 0 Å². The maximum atomic E-state index is 8.81. The van der Waals surface area contributed by atoms with E-state index in [4.69, 9.17) is 26.4 Å². The molecule has 2 aromatic carbocycles. The number of nitrogens with zero attached hydrogens (tertiary/aromatic N) is 1. The zero-order chi connectivity index (χ0) is 20.5. The minimum absolute atomic E-state index is 0.322. The van der Waals surface area contributed by atoms with E-state index in [0.717, 1.165) is 59.0 Å². The number of methoxy groups -OCH3 is 1. The number of hydrogen-bond acceptors (Lipinski definition) is 4. The largest absolute Gasteiger partial charge is 0.497 e. The Morgan fingerprint density at radius 3 is 2.31 bits per heavy atom. The van der Waals surface area contributed by atoms with Gasteiger partial charge in [-0.25, -0.2) is 4.98 Å². The summed E-state index contributed by atoms with van der Waals surface area (Å²) in [6.07, 6.45) is 9.50. The van der Waals surface area contributed by atoms with E-state index in [1.807, 2.05) is 36.4 Å². The number of ether oxygens (including phenoxy) is 1. The number of hydrogen-bond donors (Lipinski definition) is 2. The first-order valence-electron chi connectivity index (χ1n) is 10.6. The molecule has 0 bridgehead atoms. The minimum Gasteiger partial charge on any atom is -0.497 e. The van der Waals surface area contributed by atoms with E-state index in [1.54, 1.807) is 7.11 Å². The van der Waals surface area contributed by atoms with Gasteiger partial charge in [-0.1, -0.05) is 50.1 Å². The second-order valence-electron chi connectivity index (χ2n) is 7.51. The molecule has 3 rings (SSSR count). The highest BCUT2D eigenvalue weighted by Crippen LogP contribution is 2.34. The number of fused-ring (bicyclic) bond motifs is 2. The first kappa shape index (κ1) is 21.7. The first-order chi connectivity index (χ1) is 14.2. The van der Waals surface area contributed by atoms with Crippen molar-refractivity contribution in [2.75, 3.05) is 25.6 Å². The summed E-state index contributed by atoms with van der Waals surface area (Å²) in [6, 6.07) is 11.9. The number of benzene rings is 2. The predicted molar refractivity (Wildman–Crippen MR) is 123 cm³/mol. The molecule has 0 atom stereocenters. The van der Waals surface area contributed by atoms with Crippen LogP contribution >= 0.6 is 11.6 Å². The maximum absolute atomic E-state index is 8.81. The number of pyridine rings is 1. The molecule has 2 N–H and O–H groups in total. The Hall–Kier alpha value is -2.04. The van der Waals surface area contributed by atoms with Crippen molar-refractivity contribution in [2.24, 2.45) is 0 Å². The molecule has 0 aliphatic heterocycles. The molecule has 0 saturated carbocycles. The number of nitrogens with one attached hydrogen (secondary N) is 1. The second kappa shape index (κ2) is 11.2. The Bertz CT molecular complexity index is 930. The molecule has 0 saturated heterocycles. The lowest BCUT2D eigenvalue weighted by Crippen LogP contribution is -2.04. The van der Waals surface area contributed by atoms with Gasteiger partial charge in [-0.2, -0.15) is 0 Å². The van der Waals surface area contributed by atoms with Gasteiger partial charge < -0.3 is 15.2 Å². The lowest BCUT2D eigenvalue weighted by Gasteiger charge is -2.14. The van der Waals surface area contributed by atoms with E-state index < -0.39 is 0 Å². The van der Waals surface area contributed by atoms with Crippen LogP contribution < -0.4 is 10.1 Å². The van der Waals surface area contributed by atoms with Crippen molar-refractivity contribution in [3.8, 4) is 5.75 Å². The molecular formula is C24H31ClN2O2. The highest BCUT2D eigenvalue weighted by atomic mass is 35.5. The smallest absolute Gasteiger partial charge is 0.119 e. The number of aliphatic hydroxyl groups excluding tert-OH is 1. The van der Waals surface area contributed by atoms with Crippen LogP contribution in [0.15, 0.2) is 36.4 Å². The zero-order valence-corrected chi connectivity index (χ0v) is 18.0. The number of rotatable bonds is 12. The van der Waals surface area contributed by atoms with Gasteiger partial charge in [0, 0.05) is 28.9 Å². The molecule has 29 heavy (non-hydrogen) atoms. The number of aliphatic hydroxyl groups is 1. The SMILES string of the molecule is COc1ccc2nc3cc(Cl)ccc3c(NCCCCCCCCCCO)c2c1. The van der Waals surface area contributed by atoms with Crippen molar-refractivity contribution in [2.45, 2.75) is 51.4 Å². The second-order valence-corrected chi connectivity index (χ2v) is 7.95. The molecule has 0 radical (unpaired) electrons. The summed E-state index contributed by atoms with van der Waals surface area (Å²) < 4.78 is 5.42. The summed E-state index contributed by atoms with van der Waals surface area (Å²) in [4.78, 5) is 4.78. The molecule has 4 nitrogen and oxygen atoms in total. The molecule has 0 spiro atoms. The molecule has 1 aromatic heterocycles. The number of aromatic nitrogens is 1. The van der Waals surface area contributed by atoms with E-state index in [-0.39, 0.29) is 0 Å². The van der Waals surface area contributed by atoms with Gasteiger partial charge in [0.05, 0.1) is 23.8 Å². The molecule has 0 aliphatic carbocycles. The first-order valence-corrected chi connectivity index (χ1v) is 11.0. The van der Waals surface area contributed by atoms with E-state index in [0.29, 0.717) is 11.6 Å². The number of halogens is 1. The average molecular weight is 415 g/mol. The van der Waals surface area contributed by atoms with E-state index >= 15 is 0 Å². The van der Waals surface area contributed by atoms with Gasteiger partial charge in [0.2, 0.25) is 0 Å². The average Bonchev–Trinajstić information content (AvgIpc) is 2.73. The molecule has 0 unspecified atom stereocenters. The Kier molecular flexibility index (Phi) is 8.38. The standard InChI is InChI=1S/C24H31ClN2O2/c1-29-19-11-13-22-21(17-19)24(20-12-10-18(25)16-23(20)27-22)26-14-8-6-4-2-3-5-7-9-15-28/h10-13,16-17,28H,2-9,14-15H2,1H3,(H,26,27). The van der Waals surface area contributed by atoms with Crippen molar-refractivity contribution in [1.82, 2.24) is 4.98 Å². The molecule has 0 aliphatic rings. The van der Waals surface area contributed by atoms with Crippen LogP contribution in [-0.4, -0.2) is 30.4 Å². The molecule has 0 amide bonds. The summed E-state index contributed by atoms with van der Waals surface area (Å²) in [5.41, 5.74) is 2.94. The van der Waals surface area contributed by atoms with Gasteiger partial charge in [0.25, 0.3) is 0 Å². The van der Waals surface area contributed by atoms with Gasteiger partial charge >= 0.3 is 0 Å². The van der Waals surface area contributed by atoms with Crippen LogP contribution in [0.4, 0.5) is 5.69 Å². The third-order valence-corrected chi connectivity index (χ3v) is 5.56.